The highest BCUT2D eigenvalue weighted by molar-refractivity contribution is 9.09. The lowest BCUT2D eigenvalue weighted by Crippen LogP contribution is -2.59. The van der Waals surface area contributed by atoms with E-state index in [1.165, 1.54) is 4.90 Å². The van der Waals surface area contributed by atoms with Gasteiger partial charge in [0.1, 0.15) is 11.6 Å². The first-order valence-corrected chi connectivity index (χ1v) is 13.0. The Labute approximate surface area is 214 Å². The second kappa shape index (κ2) is 9.67. The number of nitrogens with zero attached hydrogens (tertiary/aromatic N) is 2. The van der Waals surface area contributed by atoms with Crippen molar-refractivity contribution in [1.82, 2.24) is 4.90 Å². The Balaban J connectivity index is 1.86. The first kappa shape index (κ1) is 25.9. The van der Waals surface area contributed by atoms with Crippen molar-refractivity contribution >= 4 is 39.4 Å². The molecule has 1 N–H and O–H groups in total. The zero-order chi connectivity index (χ0) is 25.7. The molecule has 4 rings (SSSR count). The van der Waals surface area contributed by atoms with Gasteiger partial charge in [-0.1, -0.05) is 40.2 Å². The van der Waals surface area contributed by atoms with Gasteiger partial charge in [0, 0.05) is 17.1 Å². The topological polar surface area (TPSA) is 96.4 Å². The summed E-state index contributed by atoms with van der Waals surface area (Å²) in [5.41, 5.74) is 1.38. The Bertz CT molecular complexity index is 1030. The van der Waals surface area contributed by atoms with Crippen LogP contribution in [0, 0.1) is 25.7 Å². The summed E-state index contributed by atoms with van der Waals surface area (Å²) < 4.78 is 11.8. The summed E-state index contributed by atoms with van der Waals surface area (Å²) in [6, 6.07) is 4.15. The van der Waals surface area contributed by atoms with E-state index in [4.69, 9.17) is 9.47 Å². The van der Waals surface area contributed by atoms with Crippen LogP contribution in [0.15, 0.2) is 30.9 Å². The summed E-state index contributed by atoms with van der Waals surface area (Å²) >= 11 is 3.64. The molecule has 35 heavy (non-hydrogen) atoms. The Morgan fingerprint density at radius 1 is 1.40 bits per heavy atom. The van der Waals surface area contributed by atoms with Crippen molar-refractivity contribution in [2.45, 2.75) is 62.7 Å². The number of para-hydroxylation sites is 1. The van der Waals surface area contributed by atoms with E-state index in [9.17, 15) is 19.5 Å². The molecule has 190 valence electrons. The van der Waals surface area contributed by atoms with E-state index in [0.717, 1.165) is 16.8 Å². The number of esters is 1. The van der Waals surface area contributed by atoms with Gasteiger partial charge in [-0.3, -0.25) is 14.4 Å². The fourth-order valence-corrected chi connectivity index (χ4v) is 7.16. The van der Waals surface area contributed by atoms with Gasteiger partial charge < -0.3 is 24.4 Å². The number of hydrogen-bond acceptors (Lipinski definition) is 6. The molecule has 1 unspecified atom stereocenters. The van der Waals surface area contributed by atoms with E-state index < -0.39 is 41.6 Å². The van der Waals surface area contributed by atoms with Crippen LogP contribution in [0.25, 0.3) is 0 Å². The van der Waals surface area contributed by atoms with Crippen molar-refractivity contribution in [3.05, 3.63) is 42.0 Å². The number of alkyl halides is 1. The fourth-order valence-electron chi connectivity index (χ4n) is 6.22. The number of hydrogen-bond donors (Lipinski definition) is 1. The first-order chi connectivity index (χ1) is 16.6. The molecule has 0 aliphatic carbocycles. The summed E-state index contributed by atoms with van der Waals surface area (Å²) in [6.45, 7) is 11.2. The number of ether oxygens (including phenoxy) is 2. The molecule has 0 saturated carbocycles. The molecule has 1 spiro atoms. The predicted octanol–water partition coefficient (Wildman–Crippen LogP) is 2.51. The smallest absolute Gasteiger partial charge is 0.312 e. The molecule has 1 aromatic rings. The van der Waals surface area contributed by atoms with Crippen molar-refractivity contribution in [2.75, 3.05) is 24.7 Å². The number of likely N-dealkylation sites (tertiary alicyclic amines) is 1. The molecule has 3 heterocycles. The number of benzene rings is 1. The Kier molecular flexibility index (Phi) is 7.14. The molecule has 9 heteroatoms. The molecule has 2 amide bonds. The maximum Gasteiger partial charge on any atom is 0.312 e. The van der Waals surface area contributed by atoms with Gasteiger partial charge in [0.25, 0.3) is 5.91 Å². The summed E-state index contributed by atoms with van der Waals surface area (Å²) in [4.78, 5) is 44.2. The van der Waals surface area contributed by atoms with Crippen LogP contribution < -0.4 is 4.90 Å². The van der Waals surface area contributed by atoms with Crippen molar-refractivity contribution in [2.24, 2.45) is 11.8 Å². The predicted molar refractivity (Wildman–Crippen MR) is 134 cm³/mol. The number of fused-ring (bicyclic) bond motifs is 1. The number of aliphatic hydroxyl groups excluding tert-OH is 1. The quantitative estimate of drug-likeness (QED) is 0.304. The van der Waals surface area contributed by atoms with Gasteiger partial charge >= 0.3 is 5.97 Å². The number of halogens is 1. The second-order valence-electron chi connectivity index (χ2n) is 9.67. The molecule has 1 aromatic carbocycles. The Morgan fingerprint density at radius 3 is 2.63 bits per heavy atom. The molecule has 3 aliphatic rings. The molecular weight excluding hydrogens is 516 g/mol. The highest BCUT2D eigenvalue weighted by Crippen LogP contribution is 2.60. The number of aryl methyl sites for hydroxylation is 2. The second-order valence-corrected chi connectivity index (χ2v) is 10.8. The molecular formula is C26H33BrN2O6. The summed E-state index contributed by atoms with van der Waals surface area (Å²) in [5.74, 6) is -2.84. The van der Waals surface area contributed by atoms with Gasteiger partial charge in [0.2, 0.25) is 5.91 Å². The van der Waals surface area contributed by atoms with Gasteiger partial charge in [-0.05, 0) is 45.2 Å². The number of carbonyl (C=O) groups is 3. The zero-order valence-corrected chi connectivity index (χ0v) is 22.2. The number of amides is 2. The minimum Gasteiger partial charge on any atom is -0.466 e. The van der Waals surface area contributed by atoms with Crippen LogP contribution in [0.4, 0.5) is 5.69 Å². The Morgan fingerprint density at radius 2 is 2.06 bits per heavy atom. The van der Waals surface area contributed by atoms with E-state index in [1.54, 1.807) is 24.8 Å². The highest BCUT2D eigenvalue weighted by Gasteiger charge is 2.77. The van der Waals surface area contributed by atoms with Gasteiger partial charge in [-0.15, -0.1) is 6.58 Å². The van der Waals surface area contributed by atoms with Crippen LogP contribution in [0.3, 0.4) is 0 Å². The monoisotopic (exact) mass is 548 g/mol. The van der Waals surface area contributed by atoms with Crippen LogP contribution in [0.2, 0.25) is 0 Å². The first-order valence-electron chi connectivity index (χ1n) is 12.0. The van der Waals surface area contributed by atoms with E-state index >= 15 is 0 Å². The van der Waals surface area contributed by atoms with Crippen LogP contribution in [0.1, 0.15) is 31.4 Å². The molecule has 3 aliphatic heterocycles. The molecule has 2 bridgehead atoms. The number of rotatable bonds is 8. The minimum atomic E-state index is -1.20. The maximum atomic E-state index is 14.4. The van der Waals surface area contributed by atoms with Crippen LogP contribution in [0.5, 0.6) is 0 Å². The third kappa shape index (κ3) is 3.83. The summed E-state index contributed by atoms with van der Waals surface area (Å²) in [7, 11) is 0. The lowest BCUT2D eigenvalue weighted by Gasteiger charge is -2.39. The van der Waals surface area contributed by atoms with E-state index in [2.05, 4.69) is 22.5 Å². The lowest BCUT2D eigenvalue weighted by atomic mass is 9.70. The summed E-state index contributed by atoms with van der Waals surface area (Å²) in [5, 5.41) is 10.0. The fraction of sp³-hybridized carbons (Fsp3) is 0.577. The molecule has 3 saturated heterocycles. The zero-order valence-electron chi connectivity index (χ0n) is 20.6. The third-order valence-electron chi connectivity index (χ3n) is 7.55. The molecule has 3 fully saturated rings. The van der Waals surface area contributed by atoms with Crippen molar-refractivity contribution < 1.29 is 29.0 Å². The SMILES string of the molecule is C=CCN(C(=O)[C@@H]1N([C@H](C)CO)C(=O)[C@H]2[C@H](C(=O)OCC)[C@H]3O[C@@]12CC3Br)c1c(C)cccc1C. The van der Waals surface area contributed by atoms with E-state index in [0.29, 0.717) is 6.42 Å². The Hall–Kier alpha value is -2.23. The number of aliphatic hydroxyl groups is 1. The van der Waals surface area contributed by atoms with E-state index in [1.807, 2.05) is 32.0 Å². The average Bonchev–Trinajstić information content (AvgIpc) is 3.41. The van der Waals surface area contributed by atoms with Crippen molar-refractivity contribution in [3.8, 4) is 0 Å². The van der Waals surface area contributed by atoms with Gasteiger partial charge in [-0.2, -0.15) is 0 Å². The maximum absolute atomic E-state index is 14.4. The van der Waals surface area contributed by atoms with E-state index in [-0.39, 0.29) is 36.4 Å². The molecule has 8 nitrogen and oxygen atoms in total. The third-order valence-corrected chi connectivity index (χ3v) is 8.39. The molecule has 0 aromatic heterocycles. The summed E-state index contributed by atoms with van der Waals surface area (Å²) in [6.07, 6.45) is 1.47. The van der Waals surface area contributed by atoms with Crippen LogP contribution in [-0.4, -0.2) is 76.2 Å². The van der Waals surface area contributed by atoms with Gasteiger partial charge in [-0.25, -0.2) is 0 Å². The molecule has 7 atom stereocenters. The lowest BCUT2D eigenvalue weighted by molar-refractivity contribution is -0.155. The minimum absolute atomic E-state index is 0.182. The highest BCUT2D eigenvalue weighted by atomic mass is 79.9. The normalized spacial score (nSPS) is 31.9. The average molecular weight is 549 g/mol. The van der Waals surface area contributed by atoms with Crippen LogP contribution in [-0.2, 0) is 23.9 Å². The standard InChI is InChI=1S/C26H33BrN2O6/c1-6-11-28(20-14(3)9-8-10-15(20)4)24(32)22-26-12-17(27)21(35-26)18(25(33)34-7-2)19(26)23(31)29(22)16(5)13-30/h6,8-10,16-19,21-22,30H,1,7,11-13H2,2-5H3/t16-,17?,18+,19-,21+,22+,26-/m1/s1. The van der Waals surface area contributed by atoms with Gasteiger partial charge in [0.15, 0.2) is 0 Å². The van der Waals surface area contributed by atoms with Crippen molar-refractivity contribution in [1.29, 1.82) is 0 Å². The van der Waals surface area contributed by atoms with Crippen molar-refractivity contribution in [3.63, 3.8) is 0 Å². The largest absolute Gasteiger partial charge is 0.466 e. The number of anilines is 1. The molecule has 0 radical (unpaired) electrons. The van der Waals surface area contributed by atoms with Crippen LogP contribution >= 0.6 is 15.9 Å². The number of carbonyl (C=O) groups excluding carboxylic acids is 3. The van der Waals surface area contributed by atoms with Gasteiger partial charge in [0.05, 0.1) is 37.2 Å².